The summed E-state index contributed by atoms with van der Waals surface area (Å²) in [6.45, 7) is 5.38. The molecule has 1 saturated heterocycles. The molecule has 1 fully saturated rings. The highest BCUT2D eigenvalue weighted by Crippen LogP contribution is 2.34. The second-order valence-electron chi connectivity index (χ2n) is 7.63. The van der Waals surface area contributed by atoms with Gasteiger partial charge >= 0.3 is 0 Å². The molecule has 0 N–H and O–H groups in total. The minimum absolute atomic E-state index is 0.0261. The van der Waals surface area contributed by atoms with Crippen molar-refractivity contribution in [3.05, 3.63) is 59.4 Å². The molecule has 0 saturated carbocycles. The minimum atomic E-state index is -0.176. The first-order chi connectivity index (χ1) is 14.1. The number of benzene rings is 2. The molecule has 0 bridgehead atoms. The fraction of sp³-hybridized carbons (Fsp3) is 0.304. The topological polar surface area (TPSA) is 55.6 Å². The van der Waals surface area contributed by atoms with E-state index in [-0.39, 0.29) is 12.0 Å². The molecule has 4 aromatic rings. The van der Waals surface area contributed by atoms with Gasteiger partial charge in [0.05, 0.1) is 22.9 Å². The Kier molecular flexibility index (Phi) is 4.60. The van der Waals surface area contributed by atoms with Gasteiger partial charge in [-0.1, -0.05) is 35.6 Å². The average molecular weight is 407 g/mol. The van der Waals surface area contributed by atoms with Crippen molar-refractivity contribution in [3.8, 4) is 0 Å². The van der Waals surface area contributed by atoms with Crippen LogP contribution in [-0.2, 0) is 4.74 Å². The summed E-state index contributed by atoms with van der Waals surface area (Å²) in [6.07, 6.45) is 2.00. The zero-order chi connectivity index (χ0) is 20.0. The van der Waals surface area contributed by atoms with E-state index in [0.717, 1.165) is 35.1 Å². The van der Waals surface area contributed by atoms with Crippen molar-refractivity contribution in [2.24, 2.45) is 0 Å². The predicted octanol–water partition coefficient (Wildman–Crippen LogP) is 5.49. The highest BCUT2D eigenvalue weighted by atomic mass is 32.1. The Morgan fingerprint density at radius 2 is 2.10 bits per heavy atom. The maximum absolute atomic E-state index is 13.5. The first-order valence-electron chi connectivity index (χ1n) is 9.88. The summed E-state index contributed by atoms with van der Waals surface area (Å²) in [7, 11) is 0. The lowest BCUT2D eigenvalue weighted by atomic mass is 10.1. The fourth-order valence-electron chi connectivity index (χ4n) is 3.94. The van der Waals surface area contributed by atoms with Gasteiger partial charge in [0.15, 0.2) is 10.9 Å². The number of nitrogens with zero attached hydrogens (tertiary/aromatic N) is 2. The van der Waals surface area contributed by atoms with E-state index >= 15 is 0 Å². The number of fused-ring (bicyclic) bond motifs is 2. The number of thiazole rings is 1. The van der Waals surface area contributed by atoms with E-state index in [1.54, 1.807) is 16.2 Å². The van der Waals surface area contributed by atoms with Gasteiger partial charge in [-0.15, -0.1) is 0 Å². The van der Waals surface area contributed by atoms with E-state index in [1.807, 2.05) is 30.3 Å². The SMILES string of the molecule is Cc1cc(C)c2sc(N(C[C@@H]3CCCO3)C(=O)c3cc4ccccc4o3)nc2c1. The van der Waals surface area contributed by atoms with Crippen LogP contribution < -0.4 is 4.90 Å². The molecule has 6 heteroatoms. The molecule has 1 atom stereocenters. The van der Waals surface area contributed by atoms with Gasteiger partial charge in [0, 0.05) is 12.0 Å². The monoisotopic (exact) mass is 406 g/mol. The summed E-state index contributed by atoms with van der Waals surface area (Å²) in [5, 5.41) is 1.61. The quantitative estimate of drug-likeness (QED) is 0.450. The standard InChI is InChI=1S/C23H22N2O3S/c1-14-10-15(2)21-18(11-14)24-23(29-21)25(13-17-7-5-9-27-17)22(26)20-12-16-6-3-4-8-19(16)28-20/h3-4,6,8,10-12,17H,5,7,9,13H2,1-2H3/t17-/m0/s1. The van der Waals surface area contributed by atoms with Crippen LogP contribution in [-0.4, -0.2) is 30.1 Å². The number of anilines is 1. The molecule has 1 amide bonds. The number of hydrogen-bond donors (Lipinski definition) is 0. The molecule has 5 nitrogen and oxygen atoms in total. The fourth-order valence-corrected chi connectivity index (χ4v) is 4.96. The molecular weight excluding hydrogens is 384 g/mol. The van der Waals surface area contributed by atoms with E-state index in [1.165, 1.54) is 11.1 Å². The van der Waals surface area contributed by atoms with Gasteiger partial charge in [-0.3, -0.25) is 9.69 Å². The number of carbonyl (C=O) groups excluding carboxylic acids is 1. The number of carbonyl (C=O) groups is 1. The lowest BCUT2D eigenvalue weighted by molar-refractivity contribution is 0.0896. The van der Waals surface area contributed by atoms with E-state index in [0.29, 0.717) is 23.0 Å². The molecule has 0 aliphatic carbocycles. The van der Waals surface area contributed by atoms with E-state index < -0.39 is 0 Å². The van der Waals surface area contributed by atoms with Crippen LogP contribution in [0.4, 0.5) is 5.13 Å². The summed E-state index contributed by atoms with van der Waals surface area (Å²) in [5.74, 6) is 0.154. The van der Waals surface area contributed by atoms with Crippen LogP contribution in [0, 0.1) is 13.8 Å². The number of furan rings is 1. The van der Waals surface area contributed by atoms with Gasteiger partial charge in [0.2, 0.25) is 0 Å². The zero-order valence-corrected chi connectivity index (χ0v) is 17.3. The van der Waals surface area contributed by atoms with Gasteiger partial charge in [0.1, 0.15) is 5.58 Å². The van der Waals surface area contributed by atoms with Crippen LogP contribution in [0.25, 0.3) is 21.2 Å². The molecule has 1 aliphatic rings. The van der Waals surface area contributed by atoms with Gasteiger partial charge in [-0.05, 0) is 56.0 Å². The van der Waals surface area contributed by atoms with Gasteiger partial charge in [0.25, 0.3) is 5.91 Å². The molecule has 0 spiro atoms. The molecule has 5 rings (SSSR count). The smallest absolute Gasteiger partial charge is 0.295 e. The first-order valence-corrected chi connectivity index (χ1v) is 10.7. The maximum Gasteiger partial charge on any atom is 0.295 e. The Morgan fingerprint density at radius 3 is 2.90 bits per heavy atom. The average Bonchev–Trinajstić information content (AvgIpc) is 3.44. The van der Waals surface area contributed by atoms with E-state index in [4.69, 9.17) is 14.1 Å². The second kappa shape index (κ2) is 7.28. The molecule has 0 unspecified atom stereocenters. The normalized spacial score (nSPS) is 16.7. The molecule has 0 radical (unpaired) electrons. The third-order valence-electron chi connectivity index (χ3n) is 5.33. The van der Waals surface area contributed by atoms with Crippen molar-refractivity contribution >= 4 is 43.6 Å². The lowest BCUT2D eigenvalue weighted by Crippen LogP contribution is -2.37. The molecule has 29 heavy (non-hydrogen) atoms. The third kappa shape index (κ3) is 3.43. The number of hydrogen-bond acceptors (Lipinski definition) is 5. The molecular formula is C23H22N2O3S. The van der Waals surface area contributed by atoms with Gasteiger partial charge in [-0.25, -0.2) is 4.98 Å². The Balaban J connectivity index is 1.57. The molecule has 2 aromatic heterocycles. The van der Waals surface area contributed by atoms with E-state index in [9.17, 15) is 4.79 Å². The zero-order valence-electron chi connectivity index (χ0n) is 16.5. The van der Waals surface area contributed by atoms with Crippen LogP contribution in [0.3, 0.4) is 0 Å². The Bertz CT molecular complexity index is 1170. The molecule has 2 aromatic carbocycles. The van der Waals surface area contributed by atoms with Crippen molar-refractivity contribution < 1.29 is 13.9 Å². The van der Waals surface area contributed by atoms with Crippen molar-refractivity contribution in [2.75, 3.05) is 18.1 Å². The number of aryl methyl sites for hydroxylation is 2. The Labute approximate surface area is 172 Å². The number of amides is 1. The largest absolute Gasteiger partial charge is 0.451 e. The minimum Gasteiger partial charge on any atom is -0.451 e. The van der Waals surface area contributed by atoms with Gasteiger partial charge < -0.3 is 9.15 Å². The molecule has 1 aliphatic heterocycles. The van der Waals surface area contributed by atoms with Crippen molar-refractivity contribution in [2.45, 2.75) is 32.8 Å². The summed E-state index contributed by atoms with van der Waals surface area (Å²) in [4.78, 5) is 20.0. The summed E-state index contributed by atoms with van der Waals surface area (Å²) in [6, 6.07) is 13.7. The van der Waals surface area contributed by atoms with Gasteiger partial charge in [-0.2, -0.15) is 0 Å². The van der Waals surface area contributed by atoms with Crippen molar-refractivity contribution in [1.29, 1.82) is 0 Å². The highest BCUT2D eigenvalue weighted by molar-refractivity contribution is 7.22. The van der Waals surface area contributed by atoms with Crippen LogP contribution in [0.5, 0.6) is 0 Å². The second-order valence-corrected chi connectivity index (χ2v) is 8.60. The Morgan fingerprint density at radius 1 is 1.24 bits per heavy atom. The van der Waals surface area contributed by atoms with Crippen molar-refractivity contribution in [1.82, 2.24) is 4.98 Å². The van der Waals surface area contributed by atoms with Crippen LogP contribution in [0.2, 0.25) is 0 Å². The van der Waals surface area contributed by atoms with Crippen molar-refractivity contribution in [3.63, 3.8) is 0 Å². The Hall–Kier alpha value is -2.70. The van der Waals surface area contributed by atoms with Crippen LogP contribution >= 0.6 is 11.3 Å². The summed E-state index contributed by atoms with van der Waals surface area (Å²) < 4.78 is 12.8. The number of ether oxygens (including phenoxy) is 1. The first kappa shape index (κ1) is 18.3. The summed E-state index contributed by atoms with van der Waals surface area (Å²) >= 11 is 1.55. The van der Waals surface area contributed by atoms with E-state index in [2.05, 4.69) is 26.0 Å². The predicted molar refractivity (Wildman–Crippen MR) is 116 cm³/mol. The molecule has 3 heterocycles. The number of rotatable bonds is 4. The number of para-hydroxylation sites is 1. The van der Waals surface area contributed by atoms with Crippen LogP contribution in [0.15, 0.2) is 46.9 Å². The highest BCUT2D eigenvalue weighted by Gasteiger charge is 2.29. The van der Waals surface area contributed by atoms with Crippen LogP contribution in [0.1, 0.15) is 34.5 Å². The molecule has 148 valence electrons. The summed E-state index contributed by atoms with van der Waals surface area (Å²) in [5.41, 5.74) is 3.99. The third-order valence-corrected chi connectivity index (χ3v) is 6.56. The number of aromatic nitrogens is 1. The maximum atomic E-state index is 13.5. The lowest BCUT2D eigenvalue weighted by Gasteiger charge is -2.22.